The first-order chi connectivity index (χ1) is 10.7. The number of ether oxygens (including phenoxy) is 1. The normalized spacial score (nSPS) is 10.6. The Balaban J connectivity index is 1.92. The van der Waals surface area contributed by atoms with Crippen molar-refractivity contribution in [2.24, 2.45) is 5.10 Å². The lowest BCUT2D eigenvalue weighted by Gasteiger charge is -2.06. The van der Waals surface area contributed by atoms with E-state index in [1.54, 1.807) is 18.3 Å². The summed E-state index contributed by atoms with van der Waals surface area (Å²) >= 11 is 5.80. The number of rotatable bonds is 6. The molecule has 0 aromatic heterocycles. The van der Waals surface area contributed by atoms with Crippen molar-refractivity contribution in [2.75, 3.05) is 6.61 Å². The number of halogens is 1. The zero-order valence-electron chi connectivity index (χ0n) is 12.3. The Morgan fingerprint density at radius 1 is 1.23 bits per heavy atom. The van der Waals surface area contributed by atoms with Crippen LogP contribution < -0.4 is 10.2 Å². The van der Waals surface area contributed by atoms with E-state index in [0.29, 0.717) is 11.6 Å². The van der Waals surface area contributed by atoms with Gasteiger partial charge in [-0.25, -0.2) is 5.43 Å². The monoisotopic (exact) mass is 316 g/mol. The van der Waals surface area contributed by atoms with E-state index in [-0.39, 0.29) is 12.3 Å². The van der Waals surface area contributed by atoms with Crippen LogP contribution in [-0.2, 0) is 11.2 Å². The average Bonchev–Trinajstić information content (AvgIpc) is 2.51. The number of nitrogens with zero attached hydrogens (tertiary/aromatic N) is 1. The predicted molar refractivity (Wildman–Crippen MR) is 88.5 cm³/mol. The van der Waals surface area contributed by atoms with Gasteiger partial charge in [-0.05, 0) is 36.8 Å². The van der Waals surface area contributed by atoms with Gasteiger partial charge >= 0.3 is 0 Å². The Bertz CT molecular complexity index is 654. The number of carbonyl (C=O) groups is 1. The molecule has 1 N–H and O–H groups in total. The summed E-state index contributed by atoms with van der Waals surface area (Å²) in [6, 6.07) is 14.7. The van der Waals surface area contributed by atoms with E-state index in [2.05, 4.69) is 10.5 Å². The fourth-order valence-corrected chi connectivity index (χ4v) is 2.00. The number of nitrogens with one attached hydrogen (secondary N) is 1. The summed E-state index contributed by atoms with van der Waals surface area (Å²) in [5.74, 6) is 0.549. The van der Waals surface area contributed by atoms with E-state index < -0.39 is 0 Å². The third-order valence-electron chi connectivity index (χ3n) is 2.89. The molecular formula is C17H17ClN2O2. The molecule has 0 spiro atoms. The van der Waals surface area contributed by atoms with E-state index in [1.807, 2.05) is 43.3 Å². The second-order valence-electron chi connectivity index (χ2n) is 4.57. The molecule has 0 fully saturated rings. The number of benzene rings is 2. The highest BCUT2D eigenvalue weighted by atomic mass is 35.5. The lowest BCUT2D eigenvalue weighted by Crippen LogP contribution is -2.19. The van der Waals surface area contributed by atoms with Crippen LogP contribution in [0.1, 0.15) is 18.1 Å². The lowest BCUT2D eigenvalue weighted by atomic mass is 10.1. The number of hydrazone groups is 1. The van der Waals surface area contributed by atoms with Crippen LogP contribution in [0.15, 0.2) is 53.6 Å². The van der Waals surface area contributed by atoms with Crippen molar-refractivity contribution in [3.05, 3.63) is 64.7 Å². The molecule has 0 unspecified atom stereocenters. The van der Waals surface area contributed by atoms with Gasteiger partial charge in [0, 0.05) is 10.6 Å². The summed E-state index contributed by atoms with van der Waals surface area (Å²) in [7, 11) is 0. The standard InChI is InChI=1S/C17H17ClN2O2/c1-2-22-16-6-4-3-5-14(16)12-19-20-17(21)11-13-7-9-15(18)10-8-13/h3-10,12H,2,11H2,1H3,(H,20,21). The maximum atomic E-state index is 11.8. The van der Waals surface area contributed by atoms with E-state index in [9.17, 15) is 4.79 Å². The summed E-state index contributed by atoms with van der Waals surface area (Å²) in [5, 5.41) is 4.62. The average molecular weight is 317 g/mol. The summed E-state index contributed by atoms with van der Waals surface area (Å²) in [6.07, 6.45) is 1.83. The number of amides is 1. The predicted octanol–water partition coefficient (Wildman–Crippen LogP) is 3.43. The van der Waals surface area contributed by atoms with Crippen LogP contribution in [0.3, 0.4) is 0 Å². The summed E-state index contributed by atoms with van der Waals surface area (Å²) in [6.45, 7) is 2.50. The molecule has 2 rings (SSSR count). The quantitative estimate of drug-likeness (QED) is 0.655. The van der Waals surface area contributed by atoms with Gasteiger partial charge < -0.3 is 4.74 Å². The first-order valence-corrected chi connectivity index (χ1v) is 7.35. The fraction of sp³-hybridized carbons (Fsp3) is 0.176. The summed E-state index contributed by atoms with van der Waals surface area (Å²) in [4.78, 5) is 11.8. The van der Waals surface area contributed by atoms with E-state index in [1.165, 1.54) is 0 Å². The third-order valence-corrected chi connectivity index (χ3v) is 3.14. The SMILES string of the molecule is CCOc1ccccc1C=NNC(=O)Cc1ccc(Cl)cc1. The molecule has 0 heterocycles. The van der Waals surface area contributed by atoms with Crippen molar-refractivity contribution in [1.29, 1.82) is 0 Å². The number of para-hydroxylation sites is 1. The van der Waals surface area contributed by atoms with Crippen molar-refractivity contribution in [1.82, 2.24) is 5.43 Å². The van der Waals surface area contributed by atoms with Gasteiger partial charge in [-0.15, -0.1) is 0 Å². The molecule has 0 bridgehead atoms. The molecule has 5 heteroatoms. The summed E-state index contributed by atoms with van der Waals surface area (Å²) in [5.41, 5.74) is 4.20. The van der Waals surface area contributed by atoms with Crippen molar-refractivity contribution >= 4 is 23.7 Å². The minimum atomic E-state index is -0.188. The van der Waals surface area contributed by atoms with Crippen molar-refractivity contribution in [3.63, 3.8) is 0 Å². The Morgan fingerprint density at radius 2 is 1.95 bits per heavy atom. The molecule has 2 aromatic carbocycles. The maximum absolute atomic E-state index is 11.8. The molecule has 0 radical (unpaired) electrons. The van der Waals surface area contributed by atoms with Gasteiger partial charge in [-0.1, -0.05) is 35.9 Å². The zero-order valence-corrected chi connectivity index (χ0v) is 13.0. The second kappa shape index (κ2) is 8.20. The van der Waals surface area contributed by atoms with Gasteiger partial charge in [0.05, 0.1) is 19.2 Å². The Kier molecular flexibility index (Phi) is 5.98. The highest BCUT2D eigenvalue weighted by Crippen LogP contribution is 2.15. The highest BCUT2D eigenvalue weighted by molar-refractivity contribution is 6.30. The lowest BCUT2D eigenvalue weighted by molar-refractivity contribution is -0.120. The molecule has 114 valence electrons. The molecule has 0 aliphatic carbocycles. The van der Waals surface area contributed by atoms with Gasteiger partial charge in [0.15, 0.2) is 0 Å². The summed E-state index contributed by atoms with van der Waals surface area (Å²) < 4.78 is 5.48. The van der Waals surface area contributed by atoms with Crippen molar-refractivity contribution in [2.45, 2.75) is 13.3 Å². The smallest absolute Gasteiger partial charge is 0.244 e. The van der Waals surface area contributed by atoms with Gasteiger partial charge in [0.25, 0.3) is 0 Å². The molecule has 0 saturated heterocycles. The number of hydrogen-bond donors (Lipinski definition) is 1. The largest absolute Gasteiger partial charge is 0.493 e. The molecule has 4 nitrogen and oxygen atoms in total. The zero-order chi connectivity index (χ0) is 15.8. The van der Waals surface area contributed by atoms with Gasteiger partial charge in [-0.2, -0.15) is 5.10 Å². The first-order valence-electron chi connectivity index (χ1n) is 6.97. The van der Waals surface area contributed by atoms with Crippen molar-refractivity contribution in [3.8, 4) is 5.75 Å². The van der Waals surface area contributed by atoms with Crippen LogP contribution in [0.5, 0.6) is 5.75 Å². The minimum Gasteiger partial charge on any atom is -0.493 e. The molecule has 0 saturated carbocycles. The molecule has 0 aliphatic rings. The van der Waals surface area contributed by atoms with Crippen LogP contribution in [0, 0.1) is 0 Å². The second-order valence-corrected chi connectivity index (χ2v) is 5.00. The maximum Gasteiger partial charge on any atom is 0.244 e. The molecule has 1 amide bonds. The van der Waals surface area contributed by atoms with Gasteiger partial charge in [0.1, 0.15) is 5.75 Å². The molecular weight excluding hydrogens is 300 g/mol. The first kappa shape index (κ1) is 16.0. The van der Waals surface area contributed by atoms with Crippen LogP contribution in [-0.4, -0.2) is 18.7 Å². The third kappa shape index (κ3) is 4.90. The van der Waals surface area contributed by atoms with Crippen LogP contribution in [0.4, 0.5) is 0 Å². The topological polar surface area (TPSA) is 50.7 Å². The van der Waals surface area contributed by atoms with Gasteiger partial charge in [0.2, 0.25) is 5.91 Å². The Morgan fingerprint density at radius 3 is 2.68 bits per heavy atom. The van der Waals surface area contributed by atoms with Crippen molar-refractivity contribution < 1.29 is 9.53 Å². The molecule has 0 aliphatic heterocycles. The molecule has 22 heavy (non-hydrogen) atoms. The fourth-order valence-electron chi connectivity index (χ4n) is 1.88. The number of hydrogen-bond acceptors (Lipinski definition) is 3. The Labute approximate surface area is 134 Å². The number of carbonyl (C=O) groups excluding carboxylic acids is 1. The van der Waals surface area contributed by atoms with Crippen LogP contribution in [0.2, 0.25) is 5.02 Å². The molecule has 0 atom stereocenters. The van der Waals surface area contributed by atoms with E-state index in [0.717, 1.165) is 16.9 Å². The van der Waals surface area contributed by atoms with Crippen LogP contribution in [0.25, 0.3) is 0 Å². The molecule has 2 aromatic rings. The minimum absolute atomic E-state index is 0.188. The van der Waals surface area contributed by atoms with E-state index in [4.69, 9.17) is 16.3 Å². The van der Waals surface area contributed by atoms with Crippen LogP contribution >= 0.6 is 11.6 Å². The van der Waals surface area contributed by atoms with Gasteiger partial charge in [-0.3, -0.25) is 4.79 Å². The van der Waals surface area contributed by atoms with E-state index >= 15 is 0 Å². The highest BCUT2D eigenvalue weighted by Gasteiger charge is 2.03. The Hall–Kier alpha value is -2.33.